The van der Waals surface area contributed by atoms with Crippen molar-refractivity contribution < 1.29 is 30.0 Å². The SMILES string of the molecule is CC1=C/[C@@H](C)[C@@H](O)/C=C\CC/C=C\C=C/C[C@@H]([C@@H](C)CC[C@@H](O)[C@@H](C)[C@H](O)[C@@H](C)[C@H](C)O)OC(=O)/C(C)=C\1. The Morgan fingerprint density at radius 2 is 1.58 bits per heavy atom. The van der Waals surface area contributed by atoms with Gasteiger partial charge in [0, 0.05) is 29.7 Å². The Kier molecular flexibility index (Phi) is 15.7. The van der Waals surface area contributed by atoms with E-state index in [-0.39, 0.29) is 35.7 Å². The molecule has 6 heteroatoms. The maximum absolute atomic E-state index is 13.0. The lowest BCUT2D eigenvalue weighted by Gasteiger charge is -2.31. The molecule has 9 atom stereocenters. The lowest BCUT2D eigenvalue weighted by molar-refractivity contribution is -0.146. The normalized spacial score (nSPS) is 32.4. The summed E-state index contributed by atoms with van der Waals surface area (Å²) >= 11 is 0. The Bertz CT molecular complexity index is 852. The monoisotopic (exact) mass is 532 g/mol. The third-order valence-corrected chi connectivity index (χ3v) is 7.67. The number of cyclic esters (lactones) is 1. The molecule has 1 aliphatic heterocycles. The van der Waals surface area contributed by atoms with Gasteiger partial charge in [-0.15, -0.1) is 0 Å². The molecule has 0 spiro atoms. The summed E-state index contributed by atoms with van der Waals surface area (Å²) in [5.74, 6) is -1.22. The Balaban J connectivity index is 3.01. The number of allylic oxidation sites excluding steroid dienone is 6. The van der Waals surface area contributed by atoms with Crippen LogP contribution in [0.3, 0.4) is 0 Å². The molecule has 216 valence electrons. The Hall–Kier alpha value is -1.99. The summed E-state index contributed by atoms with van der Waals surface area (Å²) < 4.78 is 5.94. The highest BCUT2D eigenvalue weighted by Gasteiger charge is 2.30. The van der Waals surface area contributed by atoms with E-state index in [2.05, 4.69) is 6.08 Å². The predicted molar refractivity (Wildman–Crippen MR) is 154 cm³/mol. The van der Waals surface area contributed by atoms with Gasteiger partial charge in [-0.2, -0.15) is 0 Å². The minimum Gasteiger partial charge on any atom is -0.458 e. The van der Waals surface area contributed by atoms with Gasteiger partial charge in [0.2, 0.25) is 0 Å². The third-order valence-electron chi connectivity index (χ3n) is 7.67. The Labute approximate surface area is 230 Å². The topological polar surface area (TPSA) is 107 Å². The van der Waals surface area contributed by atoms with E-state index >= 15 is 0 Å². The summed E-state index contributed by atoms with van der Waals surface area (Å²) in [6.45, 7) is 12.8. The van der Waals surface area contributed by atoms with Crippen molar-refractivity contribution >= 4 is 5.97 Å². The number of hydrogen-bond acceptors (Lipinski definition) is 6. The van der Waals surface area contributed by atoms with Crippen LogP contribution in [0.4, 0.5) is 0 Å². The summed E-state index contributed by atoms with van der Waals surface area (Å²) in [7, 11) is 0. The quantitative estimate of drug-likeness (QED) is 0.245. The number of esters is 1. The smallest absolute Gasteiger partial charge is 0.334 e. The molecular formula is C32H52O6. The summed E-state index contributed by atoms with van der Waals surface area (Å²) in [6, 6.07) is 0. The van der Waals surface area contributed by atoms with Gasteiger partial charge in [-0.3, -0.25) is 0 Å². The molecule has 6 nitrogen and oxygen atoms in total. The number of carbonyl (C=O) groups excluding carboxylic acids is 1. The second kappa shape index (κ2) is 17.6. The predicted octanol–water partition coefficient (Wildman–Crippen LogP) is 5.43. The molecule has 0 amide bonds. The number of aliphatic hydroxyl groups is 4. The molecule has 38 heavy (non-hydrogen) atoms. The van der Waals surface area contributed by atoms with Crippen LogP contribution in [0.15, 0.2) is 59.8 Å². The third kappa shape index (κ3) is 12.2. The van der Waals surface area contributed by atoms with E-state index in [0.717, 1.165) is 18.4 Å². The van der Waals surface area contributed by atoms with E-state index < -0.39 is 24.4 Å². The number of hydrogen-bond donors (Lipinski definition) is 4. The molecule has 1 aliphatic rings. The van der Waals surface area contributed by atoms with Gasteiger partial charge < -0.3 is 25.2 Å². The first kappa shape index (κ1) is 34.0. The van der Waals surface area contributed by atoms with Crippen LogP contribution in [0.5, 0.6) is 0 Å². The van der Waals surface area contributed by atoms with Gasteiger partial charge >= 0.3 is 5.97 Å². The molecule has 0 aromatic carbocycles. The van der Waals surface area contributed by atoms with E-state index in [1.807, 2.05) is 57.2 Å². The van der Waals surface area contributed by atoms with Crippen LogP contribution in [0.1, 0.15) is 80.6 Å². The summed E-state index contributed by atoms with van der Waals surface area (Å²) in [5.41, 5.74) is 1.37. The highest BCUT2D eigenvalue weighted by molar-refractivity contribution is 5.88. The zero-order valence-corrected chi connectivity index (χ0v) is 24.5. The first-order valence-electron chi connectivity index (χ1n) is 14.1. The first-order chi connectivity index (χ1) is 17.8. The van der Waals surface area contributed by atoms with Gasteiger partial charge in [0.05, 0.1) is 24.4 Å². The molecule has 0 saturated carbocycles. The van der Waals surface area contributed by atoms with Crippen LogP contribution in [-0.2, 0) is 9.53 Å². The van der Waals surface area contributed by atoms with Gasteiger partial charge in [-0.25, -0.2) is 4.79 Å². The van der Waals surface area contributed by atoms with Crippen LogP contribution < -0.4 is 0 Å². The van der Waals surface area contributed by atoms with E-state index in [9.17, 15) is 25.2 Å². The van der Waals surface area contributed by atoms with Gasteiger partial charge in [-0.05, 0) is 58.4 Å². The fourth-order valence-electron chi connectivity index (χ4n) is 4.53. The lowest BCUT2D eigenvalue weighted by atomic mass is 9.84. The van der Waals surface area contributed by atoms with Crippen molar-refractivity contribution in [2.45, 2.75) is 111 Å². The maximum Gasteiger partial charge on any atom is 0.334 e. The summed E-state index contributed by atoms with van der Waals surface area (Å²) in [4.78, 5) is 13.0. The molecule has 1 rings (SSSR count). The molecule has 0 aromatic rings. The maximum atomic E-state index is 13.0. The van der Waals surface area contributed by atoms with Gasteiger partial charge in [0.1, 0.15) is 6.10 Å². The van der Waals surface area contributed by atoms with E-state index in [1.165, 1.54) is 0 Å². The Morgan fingerprint density at radius 3 is 2.24 bits per heavy atom. The number of rotatable bonds is 8. The number of carbonyl (C=O) groups is 1. The van der Waals surface area contributed by atoms with E-state index in [0.29, 0.717) is 24.8 Å². The molecule has 0 fully saturated rings. The molecule has 0 radical (unpaired) electrons. The zero-order chi connectivity index (χ0) is 28.8. The molecular weight excluding hydrogens is 480 g/mol. The average Bonchev–Trinajstić information content (AvgIpc) is 2.87. The minimum absolute atomic E-state index is 0.0175. The highest BCUT2D eigenvalue weighted by atomic mass is 16.5. The highest BCUT2D eigenvalue weighted by Crippen LogP contribution is 2.26. The van der Waals surface area contributed by atoms with Crippen LogP contribution in [-0.4, -0.2) is 56.9 Å². The standard InChI is InChI=1S/C32H52O6/c1-21-19-23(3)28(34)15-13-11-9-8-10-12-14-16-30(38-32(37)24(4)20-21)22(2)17-18-29(35)26(6)31(36)25(5)27(7)33/h8,10,12-15,19-20,22-23,25-31,33-36H,9,11,16-18H2,1-7H3/b10-8-,14-12-,15-13-,21-19-,24-20-/t22-,23+,25-,26+,27-,28-,29+,30-,31+/m0/s1. The van der Waals surface area contributed by atoms with Crippen molar-refractivity contribution in [1.82, 2.24) is 0 Å². The van der Waals surface area contributed by atoms with Gasteiger partial charge in [0.15, 0.2) is 0 Å². The first-order valence-corrected chi connectivity index (χ1v) is 14.1. The van der Waals surface area contributed by atoms with E-state index in [4.69, 9.17) is 4.74 Å². The molecule has 0 aromatic heterocycles. The van der Waals surface area contributed by atoms with Crippen molar-refractivity contribution in [3.05, 3.63) is 59.8 Å². The largest absolute Gasteiger partial charge is 0.458 e. The van der Waals surface area contributed by atoms with Crippen LogP contribution in [0.25, 0.3) is 0 Å². The molecule has 0 bridgehead atoms. The van der Waals surface area contributed by atoms with Crippen LogP contribution in [0.2, 0.25) is 0 Å². The molecule has 1 heterocycles. The number of ether oxygens (including phenoxy) is 1. The molecule has 0 saturated heterocycles. The van der Waals surface area contributed by atoms with Crippen LogP contribution >= 0.6 is 0 Å². The Morgan fingerprint density at radius 1 is 0.947 bits per heavy atom. The lowest BCUT2D eigenvalue weighted by Crippen LogP contribution is -2.38. The van der Waals surface area contributed by atoms with Crippen molar-refractivity contribution in [2.75, 3.05) is 0 Å². The van der Waals surface area contributed by atoms with Gasteiger partial charge in [0.25, 0.3) is 0 Å². The van der Waals surface area contributed by atoms with E-state index in [1.54, 1.807) is 33.8 Å². The molecule has 0 aliphatic carbocycles. The van der Waals surface area contributed by atoms with Crippen molar-refractivity contribution in [3.8, 4) is 0 Å². The van der Waals surface area contributed by atoms with Crippen LogP contribution in [0, 0.1) is 23.7 Å². The fraction of sp³-hybridized carbons (Fsp3) is 0.656. The fourth-order valence-corrected chi connectivity index (χ4v) is 4.53. The van der Waals surface area contributed by atoms with Gasteiger partial charge in [-0.1, -0.05) is 75.8 Å². The second-order valence-electron chi connectivity index (χ2n) is 11.2. The van der Waals surface area contributed by atoms with Crippen molar-refractivity contribution in [3.63, 3.8) is 0 Å². The zero-order valence-electron chi connectivity index (χ0n) is 24.5. The minimum atomic E-state index is -0.813. The molecule has 4 N–H and O–H groups in total. The summed E-state index contributed by atoms with van der Waals surface area (Å²) in [5, 5.41) is 41.4. The number of aliphatic hydroxyl groups excluding tert-OH is 4. The average molecular weight is 533 g/mol. The second-order valence-corrected chi connectivity index (χ2v) is 11.2. The molecule has 0 unspecified atom stereocenters. The van der Waals surface area contributed by atoms with Crippen molar-refractivity contribution in [2.24, 2.45) is 23.7 Å². The summed E-state index contributed by atoms with van der Waals surface area (Å²) in [6.07, 6.45) is 15.7. The van der Waals surface area contributed by atoms with Crippen molar-refractivity contribution in [1.29, 1.82) is 0 Å².